The minimum atomic E-state index is -0.931. The van der Waals surface area contributed by atoms with Gasteiger partial charge in [-0.05, 0) is 17.7 Å². The van der Waals surface area contributed by atoms with E-state index in [0.717, 1.165) is 5.56 Å². The van der Waals surface area contributed by atoms with Crippen molar-refractivity contribution in [1.82, 2.24) is 0 Å². The van der Waals surface area contributed by atoms with Gasteiger partial charge in [-0.2, -0.15) is 0 Å². The van der Waals surface area contributed by atoms with Crippen molar-refractivity contribution in [3.05, 3.63) is 28.8 Å². The van der Waals surface area contributed by atoms with Crippen molar-refractivity contribution in [3.63, 3.8) is 0 Å². The van der Waals surface area contributed by atoms with E-state index in [1.165, 1.54) is 6.07 Å². The Hall–Kier alpha value is -0.800. The Morgan fingerprint density at radius 2 is 2.20 bits per heavy atom. The molecular weight excluding hydrogens is 242 g/mol. The van der Waals surface area contributed by atoms with Crippen LogP contribution in [0.3, 0.4) is 0 Å². The summed E-state index contributed by atoms with van der Waals surface area (Å²) in [5.41, 5.74) is 0.733. The number of ketones is 1. The molecule has 0 fully saturated rings. The summed E-state index contributed by atoms with van der Waals surface area (Å²) in [4.78, 5) is 11.0. The molecule has 0 bridgehead atoms. The molecule has 0 heterocycles. The van der Waals surface area contributed by atoms with Gasteiger partial charge in [-0.3, -0.25) is 4.79 Å². The number of carbonyl (C=O) groups is 1. The molecule has 82 valence electrons. The van der Waals surface area contributed by atoms with Crippen molar-refractivity contribution in [2.45, 2.75) is 6.42 Å². The maximum atomic E-state index is 11.9. The van der Waals surface area contributed by atoms with Crippen LogP contribution in [0.4, 0.5) is 4.39 Å². The van der Waals surface area contributed by atoms with Gasteiger partial charge in [0, 0.05) is 6.42 Å². The summed E-state index contributed by atoms with van der Waals surface area (Å²) in [6, 6.07) is 4.75. The molecule has 0 aliphatic carbocycles. The summed E-state index contributed by atoms with van der Waals surface area (Å²) in [6.45, 7) is -0.931. The Balaban J connectivity index is 2.77. The molecule has 5 heteroatoms. The maximum Gasteiger partial charge on any atom is 0.228 e. The fourth-order valence-corrected chi connectivity index (χ4v) is 1.46. The quantitative estimate of drug-likeness (QED) is 0.752. The number of carbonyl (C=O) groups excluding carboxylic acids is 1. The average molecular weight is 251 g/mol. The van der Waals surface area contributed by atoms with E-state index in [9.17, 15) is 9.18 Å². The van der Waals surface area contributed by atoms with Crippen LogP contribution in [0.1, 0.15) is 5.56 Å². The summed E-state index contributed by atoms with van der Waals surface area (Å²) < 4.78 is 16.5. The number of alkyl halides is 2. The van der Waals surface area contributed by atoms with Crippen molar-refractivity contribution in [1.29, 1.82) is 0 Å². The number of hydrogen-bond donors (Lipinski definition) is 0. The molecule has 0 atom stereocenters. The smallest absolute Gasteiger partial charge is 0.228 e. The Labute approximate surface area is 96.9 Å². The summed E-state index contributed by atoms with van der Waals surface area (Å²) in [5, 5.41) is 0.285. The summed E-state index contributed by atoms with van der Waals surface area (Å²) in [5.74, 6) is 0.147. The lowest BCUT2D eigenvalue weighted by Gasteiger charge is -2.05. The fourth-order valence-electron chi connectivity index (χ4n) is 1.11. The lowest BCUT2D eigenvalue weighted by Crippen LogP contribution is -2.03. The van der Waals surface area contributed by atoms with Crippen molar-refractivity contribution in [2.24, 2.45) is 0 Å². The number of ether oxygens (including phenoxy) is 1. The number of rotatable bonds is 5. The van der Waals surface area contributed by atoms with Crippen molar-refractivity contribution in [2.75, 3.05) is 12.7 Å². The zero-order valence-electron chi connectivity index (χ0n) is 7.80. The van der Waals surface area contributed by atoms with Gasteiger partial charge in [-0.25, -0.2) is 4.39 Å². The van der Waals surface area contributed by atoms with Gasteiger partial charge in [0.05, 0.1) is 10.9 Å². The average Bonchev–Trinajstić information content (AvgIpc) is 2.22. The molecular formula is C10H9Cl2FO2. The lowest BCUT2D eigenvalue weighted by molar-refractivity contribution is -0.116. The van der Waals surface area contributed by atoms with Crippen LogP contribution < -0.4 is 4.74 Å². The highest BCUT2D eigenvalue weighted by Gasteiger charge is 2.06. The summed E-state index contributed by atoms with van der Waals surface area (Å²) >= 11 is 11.2. The number of benzene rings is 1. The van der Waals surface area contributed by atoms with Crippen LogP contribution in [0.25, 0.3) is 0 Å². The van der Waals surface area contributed by atoms with E-state index in [4.69, 9.17) is 23.2 Å². The molecule has 0 N–H and O–H groups in total. The van der Waals surface area contributed by atoms with Crippen LogP contribution in [0.15, 0.2) is 18.2 Å². The normalized spacial score (nSPS) is 10.1. The molecule has 0 unspecified atom stereocenters. The number of Topliss-reactive ketones (excluding diaryl/α,β-unsaturated/α-hetero) is 1. The molecule has 0 spiro atoms. The molecule has 0 saturated heterocycles. The first kappa shape index (κ1) is 12.3. The topological polar surface area (TPSA) is 26.3 Å². The van der Waals surface area contributed by atoms with E-state index < -0.39 is 6.86 Å². The SMILES string of the molecule is O=C(CCl)Cc1ccc(OCF)c(Cl)c1. The molecule has 0 aliphatic rings. The highest BCUT2D eigenvalue weighted by molar-refractivity contribution is 6.32. The van der Waals surface area contributed by atoms with Crippen molar-refractivity contribution < 1.29 is 13.9 Å². The molecule has 1 aromatic rings. The van der Waals surface area contributed by atoms with Gasteiger partial charge >= 0.3 is 0 Å². The summed E-state index contributed by atoms with van der Waals surface area (Å²) in [6.07, 6.45) is 0.221. The van der Waals surface area contributed by atoms with Gasteiger partial charge in [0.2, 0.25) is 6.86 Å². The van der Waals surface area contributed by atoms with E-state index in [2.05, 4.69) is 4.74 Å². The minimum Gasteiger partial charge on any atom is -0.461 e. The molecule has 0 amide bonds. The van der Waals surface area contributed by atoms with Crippen molar-refractivity contribution >= 4 is 29.0 Å². The second-order valence-corrected chi connectivity index (χ2v) is 3.54. The van der Waals surface area contributed by atoms with E-state index in [1.807, 2.05) is 0 Å². The molecule has 0 saturated carbocycles. The highest BCUT2D eigenvalue weighted by atomic mass is 35.5. The van der Waals surface area contributed by atoms with Gasteiger partial charge in [0.15, 0.2) is 5.78 Å². The van der Waals surface area contributed by atoms with Crippen LogP contribution in [-0.2, 0) is 11.2 Å². The lowest BCUT2D eigenvalue weighted by atomic mass is 10.1. The largest absolute Gasteiger partial charge is 0.461 e. The van der Waals surface area contributed by atoms with Crippen LogP contribution in [0, 0.1) is 0 Å². The Morgan fingerprint density at radius 3 is 2.73 bits per heavy atom. The van der Waals surface area contributed by atoms with Gasteiger partial charge in [0.25, 0.3) is 0 Å². The second kappa shape index (κ2) is 5.93. The molecule has 15 heavy (non-hydrogen) atoms. The van der Waals surface area contributed by atoms with E-state index in [0.29, 0.717) is 0 Å². The van der Waals surface area contributed by atoms with Gasteiger partial charge in [0.1, 0.15) is 5.75 Å². The molecule has 1 aromatic carbocycles. The van der Waals surface area contributed by atoms with Crippen LogP contribution in [0.5, 0.6) is 5.75 Å². The van der Waals surface area contributed by atoms with Crippen LogP contribution >= 0.6 is 23.2 Å². The van der Waals surface area contributed by atoms with Crippen LogP contribution in [0.2, 0.25) is 5.02 Å². The van der Waals surface area contributed by atoms with Gasteiger partial charge in [-0.15, -0.1) is 11.6 Å². The second-order valence-electron chi connectivity index (χ2n) is 2.87. The molecule has 0 radical (unpaired) electrons. The zero-order valence-corrected chi connectivity index (χ0v) is 9.32. The first-order valence-electron chi connectivity index (χ1n) is 4.22. The number of hydrogen-bond acceptors (Lipinski definition) is 2. The van der Waals surface area contributed by atoms with Gasteiger partial charge in [-0.1, -0.05) is 17.7 Å². The molecule has 0 aromatic heterocycles. The summed E-state index contributed by atoms with van der Waals surface area (Å²) in [7, 11) is 0. The van der Waals surface area contributed by atoms with Crippen molar-refractivity contribution in [3.8, 4) is 5.75 Å². The minimum absolute atomic E-state index is 0.0274. The fraction of sp³-hybridized carbons (Fsp3) is 0.300. The van der Waals surface area contributed by atoms with E-state index >= 15 is 0 Å². The van der Waals surface area contributed by atoms with Gasteiger partial charge < -0.3 is 4.74 Å². The predicted octanol–water partition coefficient (Wildman–Crippen LogP) is 3.00. The Kier molecular flexibility index (Phi) is 4.85. The van der Waals surface area contributed by atoms with E-state index in [1.54, 1.807) is 12.1 Å². The zero-order chi connectivity index (χ0) is 11.3. The predicted molar refractivity (Wildman–Crippen MR) is 57.5 cm³/mol. The Morgan fingerprint density at radius 1 is 1.47 bits per heavy atom. The first-order chi connectivity index (χ1) is 7.17. The Bertz CT molecular complexity index is 355. The third kappa shape index (κ3) is 3.68. The standard InChI is InChI=1S/C10H9Cl2FO2/c11-5-8(14)3-7-1-2-10(15-6-13)9(12)4-7/h1-2,4H,3,5-6H2. The first-order valence-corrected chi connectivity index (χ1v) is 5.13. The van der Waals surface area contributed by atoms with E-state index in [-0.39, 0.29) is 28.9 Å². The highest BCUT2D eigenvalue weighted by Crippen LogP contribution is 2.25. The molecule has 1 rings (SSSR count). The third-order valence-corrected chi connectivity index (χ3v) is 2.35. The van der Waals surface area contributed by atoms with Crippen LogP contribution in [-0.4, -0.2) is 18.5 Å². The molecule has 0 aliphatic heterocycles. The monoisotopic (exact) mass is 250 g/mol. The third-order valence-electron chi connectivity index (χ3n) is 1.76. The number of halogens is 3. The maximum absolute atomic E-state index is 11.9. The molecule has 2 nitrogen and oxygen atoms in total.